The van der Waals surface area contributed by atoms with Gasteiger partial charge in [0.05, 0.1) is 0 Å². The Morgan fingerprint density at radius 1 is 1.06 bits per heavy atom. The Morgan fingerprint density at radius 2 is 1.81 bits per heavy atom. The number of anilines is 1. The molecule has 0 saturated carbocycles. The molecule has 0 aliphatic rings. The molecule has 0 aliphatic carbocycles. The molecule has 0 radical (unpaired) electrons. The maximum atomic E-state index is 12.3. The van der Waals surface area contributed by atoms with E-state index in [0.717, 1.165) is 5.56 Å². The molecule has 0 unspecified atom stereocenters. The van der Waals surface area contributed by atoms with Crippen LogP contribution in [-0.4, -0.2) is 17.5 Å². The lowest BCUT2D eigenvalue weighted by Gasteiger charge is -2.09. The Bertz CT molecular complexity index is 1180. The zero-order valence-electron chi connectivity index (χ0n) is 17.4. The summed E-state index contributed by atoms with van der Waals surface area (Å²) in [6.07, 6.45) is 0.566. The van der Waals surface area contributed by atoms with Crippen molar-refractivity contribution in [1.82, 2.24) is 4.98 Å². The molecule has 158 valence electrons. The van der Waals surface area contributed by atoms with Crippen molar-refractivity contribution in [2.24, 2.45) is 0 Å². The van der Waals surface area contributed by atoms with Crippen LogP contribution < -0.4 is 10.1 Å². The van der Waals surface area contributed by atoms with E-state index in [4.69, 9.17) is 20.8 Å². The second kappa shape index (κ2) is 9.23. The van der Waals surface area contributed by atoms with Gasteiger partial charge in [0.25, 0.3) is 5.91 Å². The van der Waals surface area contributed by atoms with Crippen LogP contribution in [0.4, 0.5) is 5.69 Å². The largest absolute Gasteiger partial charge is 0.484 e. The third-order valence-corrected chi connectivity index (χ3v) is 5.15. The highest BCUT2D eigenvalue weighted by Gasteiger charge is 2.10. The zero-order valence-corrected chi connectivity index (χ0v) is 18.1. The number of aromatic nitrogens is 1. The summed E-state index contributed by atoms with van der Waals surface area (Å²) in [5.41, 5.74) is 4.29. The van der Waals surface area contributed by atoms with Crippen LogP contribution in [0.1, 0.15) is 36.8 Å². The number of benzene rings is 3. The van der Waals surface area contributed by atoms with Crippen molar-refractivity contribution in [2.45, 2.75) is 26.2 Å². The van der Waals surface area contributed by atoms with Gasteiger partial charge in [-0.1, -0.05) is 49.7 Å². The van der Waals surface area contributed by atoms with E-state index in [1.807, 2.05) is 48.5 Å². The van der Waals surface area contributed by atoms with Crippen LogP contribution in [-0.2, 0) is 11.2 Å². The fourth-order valence-electron chi connectivity index (χ4n) is 3.20. The molecule has 1 heterocycles. The zero-order chi connectivity index (χ0) is 21.8. The van der Waals surface area contributed by atoms with Crippen LogP contribution in [0.5, 0.6) is 5.75 Å². The maximum Gasteiger partial charge on any atom is 0.262 e. The van der Waals surface area contributed by atoms with Gasteiger partial charge in [-0.05, 0) is 59.5 Å². The monoisotopic (exact) mass is 434 g/mol. The number of carbonyl (C=O) groups is 1. The predicted octanol–water partition coefficient (Wildman–Crippen LogP) is 6.21. The molecule has 0 bridgehead atoms. The number of ether oxygens (including phenoxy) is 1. The molecular formula is C25H23ClN2O3. The SMILES string of the molecule is CC(C)c1ccc(OCC(=O)Nc2ccc3oc(Cc4ccc(Cl)cc4)nc3c2)cc1. The molecule has 5 nitrogen and oxygen atoms in total. The summed E-state index contributed by atoms with van der Waals surface area (Å²) in [6.45, 7) is 4.20. The number of rotatable bonds is 7. The molecule has 6 heteroatoms. The summed E-state index contributed by atoms with van der Waals surface area (Å²) in [5.74, 6) is 1.49. The number of nitrogens with zero attached hydrogens (tertiary/aromatic N) is 1. The Morgan fingerprint density at radius 3 is 2.52 bits per heavy atom. The highest BCUT2D eigenvalue weighted by Crippen LogP contribution is 2.22. The molecule has 0 saturated heterocycles. The normalized spacial score (nSPS) is 11.1. The van der Waals surface area contributed by atoms with Gasteiger partial charge < -0.3 is 14.5 Å². The van der Waals surface area contributed by atoms with E-state index in [-0.39, 0.29) is 12.5 Å². The summed E-state index contributed by atoms with van der Waals surface area (Å²) >= 11 is 5.93. The predicted molar refractivity (Wildman–Crippen MR) is 123 cm³/mol. The minimum atomic E-state index is -0.239. The molecule has 1 amide bonds. The van der Waals surface area contributed by atoms with Crippen molar-refractivity contribution in [3.63, 3.8) is 0 Å². The van der Waals surface area contributed by atoms with Crippen molar-refractivity contribution in [3.8, 4) is 5.75 Å². The second-order valence-electron chi connectivity index (χ2n) is 7.65. The molecule has 4 rings (SSSR count). The van der Waals surface area contributed by atoms with E-state index in [9.17, 15) is 4.79 Å². The first-order chi connectivity index (χ1) is 15.0. The molecule has 4 aromatic rings. The average Bonchev–Trinajstić information content (AvgIpc) is 3.15. The fraction of sp³-hybridized carbons (Fsp3) is 0.200. The Labute approximate surface area is 186 Å². The summed E-state index contributed by atoms with van der Waals surface area (Å²) in [5, 5.41) is 3.53. The summed E-state index contributed by atoms with van der Waals surface area (Å²) in [6, 6.07) is 20.7. The Hall–Kier alpha value is -3.31. The van der Waals surface area contributed by atoms with Gasteiger partial charge in [-0.3, -0.25) is 4.79 Å². The van der Waals surface area contributed by atoms with Gasteiger partial charge in [-0.25, -0.2) is 4.98 Å². The topological polar surface area (TPSA) is 64.4 Å². The lowest BCUT2D eigenvalue weighted by atomic mass is 10.0. The van der Waals surface area contributed by atoms with Gasteiger partial charge in [0.2, 0.25) is 0 Å². The van der Waals surface area contributed by atoms with E-state index < -0.39 is 0 Å². The Balaban J connectivity index is 1.36. The van der Waals surface area contributed by atoms with E-state index >= 15 is 0 Å². The second-order valence-corrected chi connectivity index (χ2v) is 8.09. The molecule has 3 aromatic carbocycles. The van der Waals surface area contributed by atoms with E-state index in [1.54, 1.807) is 18.2 Å². The molecule has 1 aromatic heterocycles. The van der Waals surface area contributed by atoms with Crippen LogP contribution >= 0.6 is 11.6 Å². The first-order valence-corrected chi connectivity index (χ1v) is 10.5. The van der Waals surface area contributed by atoms with Crippen LogP contribution in [0, 0.1) is 0 Å². The van der Waals surface area contributed by atoms with E-state index in [0.29, 0.717) is 45.8 Å². The smallest absolute Gasteiger partial charge is 0.262 e. The highest BCUT2D eigenvalue weighted by atomic mass is 35.5. The summed E-state index contributed by atoms with van der Waals surface area (Å²) < 4.78 is 11.4. The van der Waals surface area contributed by atoms with Crippen molar-refractivity contribution in [3.05, 3.63) is 88.8 Å². The first kappa shape index (κ1) is 20.9. The van der Waals surface area contributed by atoms with Crippen LogP contribution in [0.25, 0.3) is 11.1 Å². The van der Waals surface area contributed by atoms with Gasteiger partial charge in [0.15, 0.2) is 18.1 Å². The lowest BCUT2D eigenvalue weighted by molar-refractivity contribution is -0.118. The molecule has 0 fully saturated rings. The van der Waals surface area contributed by atoms with Crippen LogP contribution in [0.2, 0.25) is 5.02 Å². The minimum Gasteiger partial charge on any atom is -0.484 e. The van der Waals surface area contributed by atoms with E-state index in [1.165, 1.54) is 5.56 Å². The molecule has 31 heavy (non-hydrogen) atoms. The van der Waals surface area contributed by atoms with Crippen molar-refractivity contribution in [2.75, 3.05) is 11.9 Å². The molecular weight excluding hydrogens is 412 g/mol. The molecule has 1 N–H and O–H groups in total. The molecule has 0 spiro atoms. The summed E-state index contributed by atoms with van der Waals surface area (Å²) in [7, 11) is 0. The Kier molecular flexibility index (Phi) is 6.23. The lowest BCUT2D eigenvalue weighted by Crippen LogP contribution is -2.20. The number of hydrogen-bond donors (Lipinski definition) is 1. The van der Waals surface area contributed by atoms with Crippen molar-refractivity contribution in [1.29, 1.82) is 0 Å². The van der Waals surface area contributed by atoms with Gasteiger partial charge in [-0.15, -0.1) is 0 Å². The van der Waals surface area contributed by atoms with Crippen LogP contribution in [0.3, 0.4) is 0 Å². The van der Waals surface area contributed by atoms with Gasteiger partial charge in [-0.2, -0.15) is 0 Å². The standard InChI is InChI=1S/C25H23ClN2O3/c1-16(2)18-5-10-21(11-6-18)30-15-24(29)27-20-9-12-23-22(14-20)28-25(31-23)13-17-3-7-19(26)8-4-17/h3-12,14,16H,13,15H2,1-2H3,(H,27,29). The van der Waals surface area contributed by atoms with Gasteiger partial charge in [0, 0.05) is 17.1 Å². The number of hydrogen-bond acceptors (Lipinski definition) is 4. The van der Waals surface area contributed by atoms with Crippen molar-refractivity contribution >= 4 is 34.3 Å². The molecule has 0 aliphatic heterocycles. The average molecular weight is 435 g/mol. The third-order valence-electron chi connectivity index (χ3n) is 4.90. The summed E-state index contributed by atoms with van der Waals surface area (Å²) in [4.78, 5) is 16.8. The van der Waals surface area contributed by atoms with E-state index in [2.05, 4.69) is 24.1 Å². The number of nitrogens with one attached hydrogen (secondary N) is 1. The fourth-order valence-corrected chi connectivity index (χ4v) is 3.33. The number of oxazole rings is 1. The highest BCUT2D eigenvalue weighted by molar-refractivity contribution is 6.30. The van der Waals surface area contributed by atoms with Gasteiger partial charge >= 0.3 is 0 Å². The maximum absolute atomic E-state index is 12.3. The number of carbonyl (C=O) groups excluding carboxylic acids is 1. The van der Waals surface area contributed by atoms with Crippen LogP contribution in [0.15, 0.2) is 71.1 Å². The first-order valence-electron chi connectivity index (χ1n) is 10.1. The number of fused-ring (bicyclic) bond motifs is 1. The number of amides is 1. The third kappa shape index (κ3) is 5.44. The number of halogens is 1. The van der Waals surface area contributed by atoms with Gasteiger partial charge in [0.1, 0.15) is 11.3 Å². The quantitative estimate of drug-likeness (QED) is 0.375. The minimum absolute atomic E-state index is 0.0697. The van der Waals surface area contributed by atoms with Crippen molar-refractivity contribution < 1.29 is 13.9 Å². The molecule has 0 atom stereocenters.